The van der Waals surface area contributed by atoms with E-state index in [1.54, 1.807) is 12.3 Å². The topological polar surface area (TPSA) is 58.7 Å². The zero-order chi connectivity index (χ0) is 21.2. The number of aromatic hydroxyl groups is 1. The summed E-state index contributed by atoms with van der Waals surface area (Å²) in [5, 5.41) is 11.2. The van der Waals surface area contributed by atoms with Gasteiger partial charge in [-0.2, -0.15) is 0 Å². The van der Waals surface area contributed by atoms with Crippen LogP contribution in [0.15, 0.2) is 77.3 Å². The first-order chi connectivity index (χ1) is 15.2. The van der Waals surface area contributed by atoms with Crippen LogP contribution in [0.5, 0.6) is 11.5 Å². The van der Waals surface area contributed by atoms with E-state index >= 15 is 0 Å². The number of halogens is 1. The van der Waals surface area contributed by atoms with Gasteiger partial charge in [-0.15, -0.1) is 0 Å². The molecule has 0 saturated carbocycles. The SMILES string of the molecule is Oc1cc(-c2ccccn2)cc2c1OCCN(Cc1ccc(-c3cccc(Cl)c3)o1)C2. The van der Waals surface area contributed by atoms with Crippen molar-refractivity contribution in [3.05, 3.63) is 89.3 Å². The van der Waals surface area contributed by atoms with Crippen LogP contribution >= 0.6 is 11.6 Å². The first-order valence-electron chi connectivity index (χ1n) is 10.1. The Bertz CT molecular complexity index is 1210. The summed E-state index contributed by atoms with van der Waals surface area (Å²) in [6.45, 7) is 2.49. The molecule has 2 aromatic heterocycles. The van der Waals surface area contributed by atoms with Gasteiger partial charge in [-0.05, 0) is 48.5 Å². The third-order valence-electron chi connectivity index (χ3n) is 5.30. The van der Waals surface area contributed by atoms with Crippen molar-refractivity contribution in [2.24, 2.45) is 0 Å². The number of rotatable bonds is 4. The number of phenolic OH excluding ortho intramolecular Hbond substituents is 1. The van der Waals surface area contributed by atoms with E-state index < -0.39 is 0 Å². The molecule has 5 nitrogen and oxygen atoms in total. The predicted molar refractivity (Wildman–Crippen MR) is 120 cm³/mol. The van der Waals surface area contributed by atoms with Gasteiger partial charge in [-0.25, -0.2) is 0 Å². The molecule has 0 amide bonds. The number of hydrogen-bond acceptors (Lipinski definition) is 5. The number of nitrogens with zero attached hydrogens (tertiary/aromatic N) is 2. The normalized spacial score (nSPS) is 14.0. The van der Waals surface area contributed by atoms with E-state index in [1.165, 1.54) is 0 Å². The summed E-state index contributed by atoms with van der Waals surface area (Å²) in [4.78, 5) is 6.64. The molecule has 0 bridgehead atoms. The summed E-state index contributed by atoms with van der Waals surface area (Å²) < 4.78 is 11.9. The number of fused-ring (bicyclic) bond motifs is 1. The maximum absolute atomic E-state index is 10.6. The van der Waals surface area contributed by atoms with Crippen molar-refractivity contribution in [3.63, 3.8) is 0 Å². The molecular formula is C25H21ClN2O3. The summed E-state index contributed by atoms with van der Waals surface area (Å²) in [6, 6.07) is 21.1. The molecule has 2 aromatic carbocycles. The minimum absolute atomic E-state index is 0.140. The minimum Gasteiger partial charge on any atom is -0.504 e. The minimum atomic E-state index is 0.140. The van der Waals surface area contributed by atoms with Gasteiger partial charge < -0.3 is 14.3 Å². The molecule has 0 fully saturated rings. The van der Waals surface area contributed by atoms with Gasteiger partial charge in [-0.1, -0.05) is 29.8 Å². The number of hydrogen-bond donors (Lipinski definition) is 1. The first-order valence-corrected chi connectivity index (χ1v) is 10.5. The standard InChI is InChI=1S/C25H21ClN2O3/c26-20-5-3-4-17(13-20)24-8-7-21(31-24)16-28-10-11-30-25-19(15-28)12-18(14-23(25)29)22-6-1-2-9-27-22/h1-9,12-14,29H,10-11,15-16H2. The molecule has 0 saturated heterocycles. The monoisotopic (exact) mass is 432 g/mol. The Morgan fingerprint density at radius 3 is 2.77 bits per heavy atom. The third kappa shape index (κ3) is 4.29. The summed E-state index contributed by atoms with van der Waals surface area (Å²) in [5.41, 5.74) is 3.56. The highest BCUT2D eigenvalue weighted by atomic mass is 35.5. The molecule has 0 radical (unpaired) electrons. The molecule has 5 rings (SSSR count). The fourth-order valence-electron chi connectivity index (χ4n) is 3.85. The maximum atomic E-state index is 10.6. The van der Waals surface area contributed by atoms with E-state index in [0.717, 1.165) is 40.4 Å². The average molecular weight is 433 g/mol. The molecule has 1 aliphatic heterocycles. The van der Waals surface area contributed by atoms with E-state index in [0.29, 0.717) is 30.5 Å². The third-order valence-corrected chi connectivity index (χ3v) is 5.54. The van der Waals surface area contributed by atoms with Gasteiger partial charge in [0.15, 0.2) is 11.5 Å². The zero-order valence-electron chi connectivity index (χ0n) is 16.8. The summed E-state index contributed by atoms with van der Waals surface area (Å²) in [6.07, 6.45) is 1.75. The largest absolute Gasteiger partial charge is 0.504 e. The molecule has 3 heterocycles. The Balaban J connectivity index is 1.38. The summed E-state index contributed by atoms with van der Waals surface area (Å²) >= 11 is 6.10. The number of benzene rings is 2. The van der Waals surface area contributed by atoms with Crippen LogP contribution in [0.2, 0.25) is 5.02 Å². The van der Waals surface area contributed by atoms with Crippen LogP contribution in [-0.2, 0) is 13.1 Å². The number of aromatic nitrogens is 1. The lowest BCUT2D eigenvalue weighted by Gasteiger charge is -2.18. The van der Waals surface area contributed by atoms with E-state index in [9.17, 15) is 5.11 Å². The summed E-state index contributed by atoms with van der Waals surface area (Å²) in [5.74, 6) is 2.34. The lowest BCUT2D eigenvalue weighted by molar-refractivity contribution is 0.205. The number of pyridine rings is 1. The molecule has 0 unspecified atom stereocenters. The molecule has 1 aliphatic rings. The van der Waals surface area contributed by atoms with Crippen molar-refractivity contribution in [1.82, 2.24) is 9.88 Å². The van der Waals surface area contributed by atoms with Crippen LogP contribution in [0.25, 0.3) is 22.6 Å². The van der Waals surface area contributed by atoms with Crippen molar-refractivity contribution in [2.45, 2.75) is 13.1 Å². The second-order valence-electron chi connectivity index (χ2n) is 7.53. The van der Waals surface area contributed by atoms with E-state index in [-0.39, 0.29) is 5.75 Å². The van der Waals surface area contributed by atoms with Gasteiger partial charge in [0.05, 0.1) is 12.2 Å². The summed E-state index contributed by atoms with van der Waals surface area (Å²) in [7, 11) is 0. The highest BCUT2D eigenvalue weighted by molar-refractivity contribution is 6.30. The van der Waals surface area contributed by atoms with E-state index in [1.807, 2.05) is 60.7 Å². The molecule has 6 heteroatoms. The van der Waals surface area contributed by atoms with Crippen LogP contribution in [0.1, 0.15) is 11.3 Å². The quantitative estimate of drug-likeness (QED) is 0.444. The first kappa shape index (κ1) is 19.7. The van der Waals surface area contributed by atoms with Gasteiger partial charge in [0, 0.05) is 41.0 Å². The van der Waals surface area contributed by atoms with Crippen LogP contribution < -0.4 is 4.74 Å². The molecule has 0 spiro atoms. The number of furan rings is 1. The van der Waals surface area contributed by atoms with Crippen molar-refractivity contribution in [1.29, 1.82) is 0 Å². The van der Waals surface area contributed by atoms with Gasteiger partial charge >= 0.3 is 0 Å². The van der Waals surface area contributed by atoms with Gasteiger partial charge in [0.1, 0.15) is 18.1 Å². The van der Waals surface area contributed by atoms with E-state index in [2.05, 4.69) is 9.88 Å². The van der Waals surface area contributed by atoms with Gasteiger partial charge in [-0.3, -0.25) is 9.88 Å². The predicted octanol–water partition coefficient (Wildman–Crippen LogP) is 5.76. The Labute approximate surface area is 185 Å². The molecule has 0 atom stereocenters. The fourth-order valence-corrected chi connectivity index (χ4v) is 4.04. The Morgan fingerprint density at radius 2 is 1.94 bits per heavy atom. The molecule has 4 aromatic rings. The average Bonchev–Trinajstić information content (AvgIpc) is 3.14. The van der Waals surface area contributed by atoms with Crippen LogP contribution in [0.4, 0.5) is 0 Å². The maximum Gasteiger partial charge on any atom is 0.165 e. The smallest absolute Gasteiger partial charge is 0.165 e. The highest BCUT2D eigenvalue weighted by Gasteiger charge is 2.21. The molecule has 1 N–H and O–H groups in total. The Hall–Kier alpha value is -3.28. The van der Waals surface area contributed by atoms with Crippen molar-refractivity contribution >= 4 is 11.6 Å². The van der Waals surface area contributed by atoms with Crippen molar-refractivity contribution in [3.8, 4) is 34.1 Å². The zero-order valence-corrected chi connectivity index (χ0v) is 17.5. The van der Waals surface area contributed by atoms with Gasteiger partial charge in [0.2, 0.25) is 0 Å². The highest BCUT2D eigenvalue weighted by Crippen LogP contribution is 2.37. The fraction of sp³-hybridized carbons (Fsp3) is 0.160. The molecule has 0 aliphatic carbocycles. The molecule has 31 heavy (non-hydrogen) atoms. The second-order valence-corrected chi connectivity index (χ2v) is 7.97. The molecule has 156 valence electrons. The van der Waals surface area contributed by atoms with Crippen LogP contribution in [-0.4, -0.2) is 28.1 Å². The second kappa shape index (κ2) is 8.46. The van der Waals surface area contributed by atoms with Crippen molar-refractivity contribution in [2.75, 3.05) is 13.2 Å². The Kier molecular flexibility index (Phi) is 5.37. The number of phenols is 1. The van der Waals surface area contributed by atoms with E-state index in [4.69, 9.17) is 20.8 Å². The van der Waals surface area contributed by atoms with Crippen LogP contribution in [0, 0.1) is 0 Å². The lowest BCUT2D eigenvalue weighted by Crippen LogP contribution is -2.25. The van der Waals surface area contributed by atoms with Crippen molar-refractivity contribution < 1.29 is 14.3 Å². The number of ether oxygens (including phenoxy) is 1. The molecular weight excluding hydrogens is 412 g/mol. The van der Waals surface area contributed by atoms with Crippen LogP contribution in [0.3, 0.4) is 0 Å². The van der Waals surface area contributed by atoms with Gasteiger partial charge in [0.25, 0.3) is 0 Å². The Morgan fingerprint density at radius 1 is 1.00 bits per heavy atom. The lowest BCUT2D eigenvalue weighted by atomic mass is 10.0.